The molecule has 0 bridgehead atoms. The first-order valence-electron chi connectivity index (χ1n) is 9.17. The first-order chi connectivity index (χ1) is 13.3. The lowest BCUT2D eigenvalue weighted by molar-refractivity contribution is 0.0605. The van der Waals surface area contributed by atoms with Crippen molar-refractivity contribution >= 4 is 5.91 Å². The number of amides is 1. The van der Waals surface area contributed by atoms with Crippen LogP contribution in [-0.4, -0.2) is 39.6 Å². The van der Waals surface area contributed by atoms with Crippen LogP contribution in [0.3, 0.4) is 0 Å². The fraction of sp³-hybridized carbons (Fsp3) is 0.286. The predicted octanol–water partition coefficient (Wildman–Crippen LogP) is 3.85. The van der Waals surface area contributed by atoms with E-state index < -0.39 is 0 Å². The molecule has 27 heavy (non-hydrogen) atoms. The molecule has 138 valence electrons. The molecule has 2 aromatic heterocycles. The van der Waals surface area contributed by atoms with Gasteiger partial charge in [-0.2, -0.15) is 5.10 Å². The van der Waals surface area contributed by atoms with Crippen LogP contribution in [0.15, 0.2) is 54.9 Å². The predicted molar refractivity (Wildman–Crippen MR) is 102 cm³/mol. The van der Waals surface area contributed by atoms with Gasteiger partial charge >= 0.3 is 0 Å². The van der Waals surface area contributed by atoms with Gasteiger partial charge in [-0.15, -0.1) is 0 Å². The lowest BCUT2D eigenvalue weighted by Gasteiger charge is -2.36. The summed E-state index contributed by atoms with van der Waals surface area (Å²) in [7, 11) is 1.66. The fourth-order valence-electron chi connectivity index (χ4n) is 3.63. The smallest absolute Gasteiger partial charge is 0.272 e. The Bertz CT molecular complexity index is 923. The molecule has 6 nitrogen and oxygen atoms in total. The fourth-order valence-corrected chi connectivity index (χ4v) is 3.63. The Kier molecular flexibility index (Phi) is 4.87. The van der Waals surface area contributed by atoms with Gasteiger partial charge in [0.1, 0.15) is 11.4 Å². The Morgan fingerprint density at radius 3 is 2.85 bits per heavy atom. The lowest BCUT2D eigenvalue weighted by Crippen LogP contribution is -2.38. The third kappa shape index (κ3) is 3.56. The Morgan fingerprint density at radius 1 is 1.19 bits per heavy atom. The van der Waals surface area contributed by atoms with Crippen LogP contribution in [0.4, 0.5) is 0 Å². The number of pyridine rings is 1. The van der Waals surface area contributed by atoms with E-state index in [9.17, 15) is 4.79 Å². The Morgan fingerprint density at radius 2 is 2.04 bits per heavy atom. The number of nitrogens with zero attached hydrogens (tertiary/aromatic N) is 3. The van der Waals surface area contributed by atoms with Gasteiger partial charge in [0.25, 0.3) is 5.91 Å². The number of carbonyl (C=O) groups excluding carboxylic acids is 1. The standard InChI is InChI=1S/C21H22N4O2/c1-27-17-6-4-5-16(13-17)20-7-2-3-12-25(20)21(26)19-14-18(23-24-19)15-8-10-22-11-9-15/h4-6,8-11,13-14,20H,2-3,7,12H2,1H3,(H,23,24). The number of likely N-dealkylation sites (tertiary alicyclic amines) is 1. The van der Waals surface area contributed by atoms with Crippen LogP contribution in [0.25, 0.3) is 11.3 Å². The molecule has 0 radical (unpaired) electrons. The molecule has 1 saturated heterocycles. The second kappa shape index (κ2) is 7.61. The SMILES string of the molecule is COc1cccc(C2CCCCN2C(=O)c2cc(-c3ccncc3)n[nH]2)c1. The van der Waals surface area contributed by atoms with Crippen molar-refractivity contribution in [1.82, 2.24) is 20.1 Å². The van der Waals surface area contributed by atoms with Gasteiger partial charge in [0.2, 0.25) is 0 Å². The summed E-state index contributed by atoms with van der Waals surface area (Å²) in [4.78, 5) is 19.2. The van der Waals surface area contributed by atoms with Crippen LogP contribution < -0.4 is 4.74 Å². The van der Waals surface area contributed by atoms with E-state index in [1.54, 1.807) is 19.5 Å². The zero-order valence-electron chi connectivity index (χ0n) is 15.3. The summed E-state index contributed by atoms with van der Waals surface area (Å²) >= 11 is 0. The Balaban J connectivity index is 1.60. The quantitative estimate of drug-likeness (QED) is 0.765. The highest BCUT2D eigenvalue weighted by Crippen LogP contribution is 2.33. The number of aromatic amines is 1. The number of ether oxygens (including phenoxy) is 1. The van der Waals surface area contributed by atoms with Crippen molar-refractivity contribution in [3.8, 4) is 17.0 Å². The zero-order chi connectivity index (χ0) is 18.6. The van der Waals surface area contributed by atoms with Gasteiger partial charge < -0.3 is 9.64 Å². The summed E-state index contributed by atoms with van der Waals surface area (Å²) in [5.74, 6) is 0.794. The molecule has 1 N–H and O–H groups in total. The van der Waals surface area contributed by atoms with E-state index >= 15 is 0 Å². The number of methoxy groups -OCH3 is 1. The van der Waals surface area contributed by atoms with Crippen LogP contribution in [0.2, 0.25) is 0 Å². The van der Waals surface area contributed by atoms with Gasteiger partial charge in [0.15, 0.2) is 0 Å². The van der Waals surface area contributed by atoms with Crippen molar-refractivity contribution in [2.24, 2.45) is 0 Å². The van der Waals surface area contributed by atoms with Crippen molar-refractivity contribution in [1.29, 1.82) is 0 Å². The monoisotopic (exact) mass is 362 g/mol. The number of aromatic nitrogens is 3. The van der Waals surface area contributed by atoms with Crippen LogP contribution in [0, 0.1) is 0 Å². The summed E-state index contributed by atoms with van der Waals surface area (Å²) in [6, 6.07) is 13.6. The van der Waals surface area contributed by atoms with E-state index in [4.69, 9.17) is 4.74 Å². The van der Waals surface area contributed by atoms with Gasteiger partial charge in [-0.1, -0.05) is 12.1 Å². The Hall–Kier alpha value is -3.15. The summed E-state index contributed by atoms with van der Waals surface area (Å²) < 4.78 is 5.35. The molecule has 3 aromatic rings. The molecule has 1 aliphatic rings. The van der Waals surface area contributed by atoms with E-state index in [-0.39, 0.29) is 11.9 Å². The van der Waals surface area contributed by atoms with Crippen molar-refractivity contribution in [3.05, 3.63) is 66.1 Å². The first kappa shape index (κ1) is 17.3. The summed E-state index contributed by atoms with van der Waals surface area (Å²) in [6.07, 6.45) is 6.50. The van der Waals surface area contributed by atoms with E-state index in [1.807, 2.05) is 41.3 Å². The minimum atomic E-state index is -0.0182. The molecule has 0 spiro atoms. The maximum atomic E-state index is 13.2. The molecule has 1 fully saturated rings. The second-order valence-electron chi connectivity index (χ2n) is 6.69. The van der Waals surface area contributed by atoms with Gasteiger partial charge in [-0.05, 0) is 55.2 Å². The highest BCUT2D eigenvalue weighted by atomic mass is 16.5. The molecule has 3 heterocycles. The van der Waals surface area contributed by atoms with Crippen molar-refractivity contribution in [2.75, 3.05) is 13.7 Å². The number of hydrogen-bond donors (Lipinski definition) is 1. The molecule has 0 aliphatic carbocycles. The number of nitrogens with one attached hydrogen (secondary N) is 1. The summed E-state index contributed by atoms with van der Waals surface area (Å²) in [6.45, 7) is 0.740. The normalized spacial score (nSPS) is 16.9. The number of hydrogen-bond acceptors (Lipinski definition) is 4. The van der Waals surface area contributed by atoms with Crippen LogP contribution in [0.1, 0.15) is 41.4 Å². The van der Waals surface area contributed by atoms with Crippen LogP contribution in [0.5, 0.6) is 5.75 Å². The third-order valence-electron chi connectivity index (χ3n) is 5.03. The molecule has 0 saturated carbocycles. The maximum absolute atomic E-state index is 13.2. The van der Waals surface area contributed by atoms with Crippen molar-refractivity contribution < 1.29 is 9.53 Å². The molecular weight excluding hydrogens is 340 g/mol. The van der Waals surface area contributed by atoms with E-state index in [2.05, 4.69) is 21.2 Å². The highest BCUT2D eigenvalue weighted by Gasteiger charge is 2.30. The van der Waals surface area contributed by atoms with Crippen molar-refractivity contribution in [2.45, 2.75) is 25.3 Å². The van der Waals surface area contributed by atoms with Gasteiger partial charge in [0.05, 0.1) is 18.8 Å². The lowest BCUT2D eigenvalue weighted by atomic mass is 9.94. The topological polar surface area (TPSA) is 71.1 Å². The summed E-state index contributed by atoms with van der Waals surface area (Å²) in [5, 5.41) is 7.22. The minimum Gasteiger partial charge on any atom is -0.497 e. The average molecular weight is 362 g/mol. The average Bonchev–Trinajstić information content (AvgIpc) is 3.24. The molecule has 4 rings (SSSR count). The highest BCUT2D eigenvalue weighted by molar-refractivity contribution is 5.93. The number of H-pyrrole nitrogens is 1. The van der Waals surface area contributed by atoms with E-state index in [0.717, 1.165) is 48.4 Å². The van der Waals surface area contributed by atoms with Crippen LogP contribution >= 0.6 is 0 Å². The first-order valence-corrected chi connectivity index (χ1v) is 9.17. The maximum Gasteiger partial charge on any atom is 0.272 e. The number of carbonyl (C=O) groups is 1. The minimum absolute atomic E-state index is 0.0182. The van der Waals surface area contributed by atoms with Crippen molar-refractivity contribution in [3.63, 3.8) is 0 Å². The number of benzene rings is 1. The summed E-state index contributed by atoms with van der Waals surface area (Å²) in [5.41, 5.74) is 3.30. The van der Waals surface area contributed by atoms with Gasteiger partial charge in [-0.25, -0.2) is 0 Å². The largest absolute Gasteiger partial charge is 0.497 e. The number of piperidine rings is 1. The second-order valence-corrected chi connectivity index (χ2v) is 6.69. The number of rotatable bonds is 4. The third-order valence-corrected chi connectivity index (χ3v) is 5.03. The molecule has 6 heteroatoms. The van der Waals surface area contributed by atoms with Gasteiger partial charge in [0, 0.05) is 24.5 Å². The van der Waals surface area contributed by atoms with E-state index in [0.29, 0.717) is 5.69 Å². The van der Waals surface area contributed by atoms with E-state index in [1.165, 1.54) is 0 Å². The Labute approximate surface area is 158 Å². The van der Waals surface area contributed by atoms with Gasteiger partial charge in [-0.3, -0.25) is 14.9 Å². The molecule has 1 aromatic carbocycles. The zero-order valence-corrected chi connectivity index (χ0v) is 15.3. The molecule has 1 unspecified atom stereocenters. The molecule has 1 atom stereocenters. The molecule has 1 amide bonds. The molecule has 1 aliphatic heterocycles. The van der Waals surface area contributed by atoms with Crippen LogP contribution in [-0.2, 0) is 0 Å². The molecular formula is C21H22N4O2.